The molecule has 0 aromatic carbocycles. The van der Waals surface area contributed by atoms with E-state index in [1.807, 2.05) is 0 Å². The third kappa shape index (κ3) is 2.93. The summed E-state index contributed by atoms with van der Waals surface area (Å²) in [7, 11) is -3.42. The van der Waals surface area contributed by atoms with Gasteiger partial charge in [-0.1, -0.05) is 20.8 Å². The summed E-state index contributed by atoms with van der Waals surface area (Å²) in [6, 6.07) is 1.61. The third-order valence-corrected chi connectivity index (χ3v) is 7.23. The topological polar surface area (TPSA) is 57.6 Å². The fourth-order valence-corrected chi connectivity index (χ4v) is 5.61. The molecule has 1 aliphatic rings. The minimum absolute atomic E-state index is 0.106. The van der Waals surface area contributed by atoms with Crippen LogP contribution in [0, 0.1) is 18.3 Å². The Bertz CT molecular complexity index is 584. The van der Waals surface area contributed by atoms with Gasteiger partial charge in [-0.25, -0.2) is 8.42 Å². The van der Waals surface area contributed by atoms with Crippen LogP contribution in [0.4, 0.5) is 0 Å². The van der Waals surface area contributed by atoms with E-state index in [2.05, 4.69) is 20.8 Å². The SMILES string of the molecule is Cc1sc(CO)cc1S(=O)(=O)N1CCC(C(C)(C)C)C1. The molecule has 20 heavy (non-hydrogen) atoms. The van der Waals surface area contributed by atoms with Gasteiger partial charge in [0.05, 0.1) is 11.5 Å². The fraction of sp³-hybridized carbons (Fsp3) is 0.714. The molecule has 4 nitrogen and oxygen atoms in total. The van der Waals surface area contributed by atoms with Crippen LogP contribution in [0.25, 0.3) is 0 Å². The summed E-state index contributed by atoms with van der Waals surface area (Å²) in [6.07, 6.45) is 0.915. The van der Waals surface area contributed by atoms with Gasteiger partial charge in [0.25, 0.3) is 0 Å². The molecule has 6 heteroatoms. The van der Waals surface area contributed by atoms with Gasteiger partial charge < -0.3 is 5.11 Å². The Morgan fingerprint density at radius 1 is 1.45 bits per heavy atom. The summed E-state index contributed by atoms with van der Waals surface area (Å²) >= 11 is 1.35. The molecule has 0 aliphatic carbocycles. The van der Waals surface area contributed by atoms with Crippen LogP contribution in [0.2, 0.25) is 0 Å². The maximum Gasteiger partial charge on any atom is 0.244 e. The van der Waals surface area contributed by atoms with Gasteiger partial charge in [-0.15, -0.1) is 11.3 Å². The zero-order valence-electron chi connectivity index (χ0n) is 12.5. The van der Waals surface area contributed by atoms with E-state index >= 15 is 0 Å². The zero-order chi connectivity index (χ0) is 15.1. The van der Waals surface area contributed by atoms with Crippen LogP contribution in [0.3, 0.4) is 0 Å². The normalized spacial score (nSPS) is 21.6. The number of nitrogens with zero attached hydrogens (tertiary/aromatic N) is 1. The predicted molar refractivity (Wildman–Crippen MR) is 81.3 cm³/mol. The van der Waals surface area contributed by atoms with Crippen molar-refractivity contribution in [1.29, 1.82) is 0 Å². The quantitative estimate of drug-likeness (QED) is 0.932. The minimum atomic E-state index is -3.42. The molecular formula is C14H23NO3S2. The Labute approximate surface area is 125 Å². The second kappa shape index (κ2) is 5.40. The van der Waals surface area contributed by atoms with Gasteiger partial charge in [-0.2, -0.15) is 4.31 Å². The lowest BCUT2D eigenvalue weighted by Gasteiger charge is -2.26. The smallest absolute Gasteiger partial charge is 0.244 e. The molecule has 0 bridgehead atoms. The summed E-state index contributed by atoms with van der Waals surface area (Å²) in [5.74, 6) is 0.397. The van der Waals surface area contributed by atoms with Gasteiger partial charge in [0.2, 0.25) is 10.0 Å². The van der Waals surface area contributed by atoms with E-state index in [1.165, 1.54) is 11.3 Å². The first kappa shape index (κ1) is 15.9. The highest BCUT2D eigenvalue weighted by atomic mass is 32.2. The van der Waals surface area contributed by atoms with Gasteiger partial charge in [0.1, 0.15) is 0 Å². The molecule has 2 heterocycles. The van der Waals surface area contributed by atoms with Crippen LogP contribution in [0.1, 0.15) is 36.9 Å². The summed E-state index contributed by atoms with van der Waals surface area (Å²) in [4.78, 5) is 1.82. The van der Waals surface area contributed by atoms with Crippen molar-refractivity contribution in [2.75, 3.05) is 13.1 Å². The Hall–Kier alpha value is -0.430. The van der Waals surface area contributed by atoms with Crippen molar-refractivity contribution in [3.8, 4) is 0 Å². The molecule has 114 valence electrons. The molecule has 0 saturated carbocycles. The first-order valence-corrected chi connectivity index (χ1v) is 9.12. The fourth-order valence-electron chi connectivity index (χ4n) is 2.65. The number of aliphatic hydroxyl groups excluding tert-OH is 1. The monoisotopic (exact) mass is 317 g/mol. The van der Waals surface area contributed by atoms with Crippen LogP contribution in [-0.2, 0) is 16.6 Å². The Kier molecular flexibility index (Phi) is 4.31. The number of sulfonamides is 1. The van der Waals surface area contributed by atoms with Gasteiger partial charge in [-0.3, -0.25) is 0 Å². The van der Waals surface area contributed by atoms with Gasteiger partial charge >= 0.3 is 0 Å². The van der Waals surface area contributed by atoms with Crippen molar-refractivity contribution in [2.45, 2.75) is 45.6 Å². The van der Waals surface area contributed by atoms with Crippen molar-refractivity contribution < 1.29 is 13.5 Å². The largest absolute Gasteiger partial charge is 0.391 e. The highest BCUT2D eigenvalue weighted by molar-refractivity contribution is 7.89. The highest BCUT2D eigenvalue weighted by Crippen LogP contribution is 2.37. The van der Waals surface area contributed by atoms with Crippen LogP contribution in [0.5, 0.6) is 0 Å². The molecule has 1 unspecified atom stereocenters. The summed E-state index contributed by atoms with van der Waals surface area (Å²) in [5, 5.41) is 9.16. The lowest BCUT2D eigenvalue weighted by molar-refractivity contribution is 0.252. The average molecular weight is 317 g/mol. The molecule has 1 aliphatic heterocycles. The second-order valence-corrected chi connectivity index (χ2v) is 9.75. The molecule has 1 aromatic rings. The van der Waals surface area contributed by atoms with Gasteiger partial charge in [0.15, 0.2) is 0 Å². The van der Waals surface area contributed by atoms with Crippen LogP contribution < -0.4 is 0 Å². The summed E-state index contributed by atoms with van der Waals surface area (Å²) in [5.41, 5.74) is 0.129. The van der Waals surface area contributed by atoms with E-state index in [0.29, 0.717) is 28.8 Å². The summed E-state index contributed by atoms with van der Waals surface area (Å²) < 4.78 is 27.0. The van der Waals surface area contributed by atoms with Crippen LogP contribution in [-0.4, -0.2) is 30.9 Å². The molecule has 1 saturated heterocycles. The number of aryl methyl sites for hydroxylation is 1. The number of rotatable bonds is 3. The highest BCUT2D eigenvalue weighted by Gasteiger charge is 2.38. The Morgan fingerprint density at radius 2 is 2.10 bits per heavy atom. The lowest BCUT2D eigenvalue weighted by Crippen LogP contribution is -2.31. The number of hydrogen-bond donors (Lipinski definition) is 1. The standard InChI is InChI=1S/C14H23NO3S2/c1-10-13(7-12(9-16)19-10)20(17,18)15-6-5-11(8-15)14(2,3)4/h7,11,16H,5-6,8-9H2,1-4H3. The van der Waals surface area contributed by atoms with Gasteiger partial charge in [0, 0.05) is 22.8 Å². The number of aliphatic hydroxyl groups is 1. The lowest BCUT2D eigenvalue weighted by atomic mass is 9.80. The van der Waals surface area contributed by atoms with Gasteiger partial charge in [-0.05, 0) is 30.7 Å². The Morgan fingerprint density at radius 3 is 2.55 bits per heavy atom. The van der Waals surface area contributed by atoms with E-state index in [9.17, 15) is 8.42 Å². The summed E-state index contributed by atoms with van der Waals surface area (Å²) in [6.45, 7) is 9.36. The first-order valence-electron chi connectivity index (χ1n) is 6.86. The van der Waals surface area contributed by atoms with Crippen molar-refractivity contribution in [3.05, 3.63) is 15.8 Å². The maximum absolute atomic E-state index is 12.7. The molecule has 1 N–H and O–H groups in total. The van der Waals surface area contributed by atoms with Crippen molar-refractivity contribution in [2.24, 2.45) is 11.3 Å². The molecule has 2 rings (SSSR count). The Balaban J connectivity index is 2.26. The first-order chi connectivity index (χ1) is 9.16. The van der Waals surface area contributed by atoms with E-state index in [-0.39, 0.29) is 12.0 Å². The van der Waals surface area contributed by atoms with Crippen molar-refractivity contribution in [1.82, 2.24) is 4.31 Å². The number of thiophene rings is 1. The van der Waals surface area contributed by atoms with Crippen LogP contribution in [0.15, 0.2) is 11.0 Å². The van der Waals surface area contributed by atoms with Crippen LogP contribution >= 0.6 is 11.3 Å². The van der Waals surface area contributed by atoms with E-state index in [4.69, 9.17) is 5.11 Å². The molecule has 1 aromatic heterocycles. The molecule has 1 fully saturated rings. The molecule has 1 atom stereocenters. The van der Waals surface area contributed by atoms with Crippen molar-refractivity contribution >= 4 is 21.4 Å². The predicted octanol–water partition coefficient (Wildman–Crippen LogP) is 2.61. The molecule has 0 amide bonds. The van der Waals surface area contributed by atoms with Crippen molar-refractivity contribution in [3.63, 3.8) is 0 Å². The molecule has 0 spiro atoms. The molecular weight excluding hydrogens is 294 g/mol. The van der Waals surface area contributed by atoms with E-state index in [1.54, 1.807) is 17.3 Å². The van der Waals surface area contributed by atoms with E-state index in [0.717, 1.165) is 11.3 Å². The molecule has 0 radical (unpaired) electrons. The average Bonchev–Trinajstić information content (AvgIpc) is 2.94. The maximum atomic E-state index is 12.7. The number of hydrogen-bond acceptors (Lipinski definition) is 4. The zero-order valence-corrected chi connectivity index (χ0v) is 14.1. The third-order valence-electron chi connectivity index (χ3n) is 4.07. The minimum Gasteiger partial charge on any atom is -0.391 e. The second-order valence-electron chi connectivity index (χ2n) is 6.51. The van der Waals surface area contributed by atoms with E-state index < -0.39 is 10.0 Å².